The number of anilines is 2. The van der Waals surface area contributed by atoms with Gasteiger partial charge >= 0.3 is 0 Å². The molecule has 4 rings (SSSR count). The van der Waals surface area contributed by atoms with Gasteiger partial charge in [0.15, 0.2) is 5.82 Å². The number of benzene rings is 2. The summed E-state index contributed by atoms with van der Waals surface area (Å²) < 4.78 is 1.47. The lowest BCUT2D eigenvalue weighted by molar-refractivity contribution is -0.123. The van der Waals surface area contributed by atoms with Crippen molar-refractivity contribution in [2.24, 2.45) is 0 Å². The minimum Gasteiger partial charge on any atom is -0.326 e. The maximum atomic E-state index is 12.5. The summed E-state index contributed by atoms with van der Waals surface area (Å²) in [6, 6.07) is 12.3. The highest BCUT2D eigenvalue weighted by Gasteiger charge is 2.35. The summed E-state index contributed by atoms with van der Waals surface area (Å²) in [5, 5.41) is 10.5. The third-order valence-corrected chi connectivity index (χ3v) is 4.86. The zero-order chi connectivity index (χ0) is 19.8. The minimum absolute atomic E-state index is 0.0541. The molecule has 1 aliphatic rings. The van der Waals surface area contributed by atoms with E-state index in [1.165, 1.54) is 4.68 Å². The number of nitrogens with one attached hydrogen (secondary N) is 2. The summed E-state index contributed by atoms with van der Waals surface area (Å²) >= 11 is 5.99. The van der Waals surface area contributed by atoms with E-state index in [-0.39, 0.29) is 18.2 Å². The van der Waals surface area contributed by atoms with Crippen molar-refractivity contribution in [3.8, 4) is 11.4 Å². The number of aryl methyl sites for hydroxylation is 2. The lowest BCUT2D eigenvalue weighted by Crippen LogP contribution is -2.24. The fourth-order valence-electron chi connectivity index (χ4n) is 3.04. The summed E-state index contributed by atoms with van der Waals surface area (Å²) in [6.07, 6.45) is -0.0541. The van der Waals surface area contributed by atoms with Gasteiger partial charge in [-0.15, -0.1) is 5.10 Å². The molecule has 2 amide bonds. The largest absolute Gasteiger partial charge is 0.326 e. The van der Waals surface area contributed by atoms with Crippen LogP contribution in [0.3, 0.4) is 0 Å². The number of carbonyl (C=O) groups is 2. The van der Waals surface area contributed by atoms with Crippen LogP contribution in [0.1, 0.15) is 23.6 Å². The molecule has 0 saturated carbocycles. The molecule has 3 aromatic rings. The van der Waals surface area contributed by atoms with Crippen LogP contribution in [-0.2, 0) is 9.59 Å². The van der Waals surface area contributed by atoms with Crippen LogP contribution in [0.4, 0.5) is 11.6 Å². The number of nitrogens with zero attached hydrogens (tertiary/aromatic N) is 3. The molecule has 0 unspecified atom stereocenters. The van der Waals surface area contributed by atoms with E-state index in [2.05, 4.69) is 20.7 Å². The standard InChI is InChI=1S/C20H18ClN5O2/c1-11-3-6-13(7-4-11)18-23-20-24-19(28)16(26(20)25-18)10-17(27)22-15-9-14(21)8-5-12(15)2/h3-9,16H,10H2,1-2H3,(H,22,27)(H,23,24,25,28)/t16-/m1/s1. The second-order valence-corrected chi connectivity index (χ2v) is 7.22. The molecule has 1 atom stereocenters. The van der Waals surface area contributed by atoms with E-state index in [9.17, 15) is 9.59 Å². The van der Waals surface area contributed by atoms with Crippen molar-refractivity contribution in [3.05, 3.63) is 58.6 Å². The van der Waals surface area contributed by atoms with Gasteiger partial charge in [-0.05, 0) is 31.5 Å². The Kier molecular flexibility index (Phi) is 4.60. The predicted octanol–water partition coefficient (Wildman–Crippen LogP) is 3.74. The van der Waals surface area contributed by atoms with Crippen LogP contribution in [0.5, 0.6) is 0 Å². The third-order valence-electron chi connectivity index (χ3n) is 4.63. The van der Waals surface area contributed by atoms with E-state index >= 15 is 0 Å². The molecule has 2 aromatic carbocycles. The van der Waals surface area contributed by atoms with Gasteiger partial charge < -0.3 is 5.32 Å². The quantitative estimate of drug-likeness (QED) is 0.704. The van der Waals surface area contributed by atoms with Crippen molar-refractivity contribution in [3.63, 3.8) is 0 Å². The zero-order valence-corrected chi connectivity index (χ0v) is 16.1. The van der Waals surface area contributed by atoms with Crippen molar-refractivity contribution in [2.75, 3.05) is 10.6 Å². The van der Waals surface area contributed by atoms with Gasteiger partial charge in [0.1, 0.15) is 6.04 Å². The van der Waals surface area contributed by atoms with E-state index in [0.29, 0.717) is 22.5 Å². The van der Waals surface area contributed by atoms with Crippen molar-refractivity contribution >= 4 is 35.1 Å². The van der Waals surface area contributed by atoms with E-state index < -0.39 is 6.04 Å². The number of halogens is 1. The van der Waals surface area contributed by atoms with Crippen LogP contribution in [0.2, 0.25) is 5.02 Å². The Morgan fingerprint density at radius 1 is 1.21 bits per heavy atom. The Bertz CT molecular complexity index is 1070. The van der Waals surface area contributed by atoms with Gasteiger partial charge in [0.05, 0.1) is 6.42 Å². The minimum atomic E-state index is -0.749. The number of amides is 2. The first kappa shape index (κ1) is 18.2. The van der Waals surface area contributed by atoms with Crippen LogP contribution in [-0.4, -0.2) is 26.6 Å². The first-order valence-electron chi connectivity index (χ1n) is 8.81. The van der Waals surface area contributed by atoms with E-state index in [4.69, 9.17) is 11.6 Å². The molecule has 7 nitrogen and oxygen atoms in total. The molecule has 2 N–H and O–H groups in total. The highest BCUT2D eigenvalue weighted by Crippen LogP contribution is 2.29. The van der Waals surface area contributed by atoms with Gasteiger partial charge in [0.2, 0.25) is 11.9 Å². The molecule has 0 radical (unpaired) electrons. The first-order valence-corrected chi connectivity index (χ1v) is 9.19. The number of fused-ring (bicyclic) bond motifs is 1. The molecule has 0 aliphatic carbocycles. The molecule has 0 saturated heterocycles. The molecule has 1 aliphatic heterocycles. The van der Waals surface area contributed by atoms with Gasteiger partial charge in [-0.3, -0.25) is 14.9 Å². The Labute approximate surface area is 166 Å². The van der Waals surface area contributed by atoms with Gasteiger partial charge in [-0.1, -0.05) is 47.5 Å². The van der Waals surface area contributed by atoms with E-state index in [0.717, 1.165) is 16.7 Å². The van der Waals surface area contributed by atoms with E-state index in [1.807, 2.05) is 44.2 Å². The first-order chi connectivity index (χ1) is 13.4. The summed E-state index contributed by atoms with van der Waals surface area (Å²) in [7, 11) is 0. The Morgan fingerprint density at radius 2 is 1.96 bits per heavy atom. The van der Waals surface area contributed by atoms with Gasteiger partial charge in [0, 0.05) is 16.3 Å². The normalized spacial score (nSPS) is 15.2. The fourth-order valence-corrected chi connectivity index (χ4v) is 3.21. The lowest BCUT2D eigenvalue weighted by Gasteiger charge is -2.11. The molecule has 28 heavy (non-hydrogen) atoms. The molecule has 142 valence electrons. The average Bonchev–Trinajstić information content (AvgIpc) is 3.18. The molecular formula is C20H18ClN5O2. The summed E-state index contributed by atoms with van der Waals surface area (Å²) in [6.45, 7) is 3.87. The molecule has 2 heterocycles. The second kappa shape index (κ2) is 7.09. The van der Waals surface area contributed by atoms with Crippen molar-refractivity contribution < 1.29 is 9.59 Å². The monoisotopic (exact) mass is 395 g/mol. The molecule has 1 aromatic heterocycles. The summed E-state index contributed by atoms with van der Waals surface area (Å²) in [5.74, 6) is 0.248. The third kappa shape index (κ3) is 3.48. The average molecular weight is 396 g/mol. The number of rotatable bonds is 4. The van der Waals surface area contributed by atoms with Crippen LogP contribution < -0.4 is 10.6 Å². The van der Waals surface area contributed by atoms with Crippen LogP contribution in [0.25, 0.3) is 11.4 Å². The maximum absolute atomic E-state index is 12.5. The highest BCUT2D eigenvalue weighted by atomic mass is 35.5. The van der Waals surface area contributed by atoms with Gasteiger partial charge in [-0.2, -0.15) is 4.98 Å². The van der Waals surface area contributed by atoms with Crippen LogP contribution in [0.15, 0.2) is 42.5 Å². The van der Waals surface area contributed by atoms with E-state index in [1.54, 1.807) is 12.1 Å². The number of hydrogen-bond donors (Lipinski definition) is 2. The van der Waals surface area contributed by atoms with Gasteiger partial charge in [0.25, 0.3) is 5.91 Å². The molecule has 0 fully saturated rings. The molecule has 0 bridgehead atoms. The number of aromatic nitrogens is 3. The van der Waals surface area contributed by atoms with Crippen molar-refractivity contribution in [1.82, 2.24) is 14.8 Å². The number of carbonyl (C=O) groups excluding carboxylic acids is 2. The predicted molar refractivity (Wildman–Crippen MR) is 107 cm³/mol. The zero-order valence-electron chi connectivity index (χ0n) is 15.4. The Morgan fingerprint density at radius 3 is 2.71 bits per heavy atom. The SMILES string of the molecule is Cc1ccc(-c2nc3n(n2)[C@H](CC(=O)Nc2cc(Cl)ccc2C)C(=O)N3)cc1. The Balaban J connectivity index is 1.53. The lowest BCUT2D eigenvalue weighted by atomic mass is 10.1. The second-order valence-electron chi connectivity index (χ2n) is 6.79. The summed E-state index contributed by atoms with van der Waals surface area (Å²) in [4.78, 5) is 29.2. The smallest absolute Gasteiger partial charge is 0.252 e. The summed E-state index contributed by atoms with van der Waals surface area (Å²) in [5.41, 5.74) is 3.49. The van der Waals surface area contributed by atoms with Crippen molar-refractivity contribution in [2.45, 2.75) is 26.3 Å². The molecular weight excluding hydrogens is 378 g/mol. The maximum Gasteiger partial charge on any atom is 0.252 e. The Hall–Kier alpha value is -3.19. The van der Waals surface area contributed by atoms with Gasteiger partial charge in [-0.25, -0.2) is 4.68 Å². The van der Waals surface area contributed by atoms with Crippen molar-refractivity contribution in [1.29, 1.82) is 0 Å². The highest BCUT2D eigenvalue weighted by molar-refractivity contribution is 6.31. The van der Waals surface area contributed by atoms with Crippen LogP contribution >= 0.6 is 11.6 Å². The molecule has 0 spiro atoms. The molecule has 8 heteroatoms. The fraction of sp³-hybridized carbons (Fsp3) is 0.200. The van der Waals surface area contributed by atoms with Crippen LogP contribution in [0, 0.1) is 13.8 Å². The topological polar surface area (TPSA) is 88.9 Å². The number of hydrogen-bond acceptors (Lipinski definition) is 4.